The van der Waals surface area contributed by atoms with Crippen LogP contribution in [0.5, 0.6) is 0 Å². The molecule has 0 amide bonds. The van der Waals surface area contributed by atoms with E-state index in [1.54, 1.807) is 0 Å². The fourth-order valence-corrected chi connectivity index (χ4v) is 2.74. The molecule has 0 saturated carbocycles. The summed E-state index contributed by atoms with van der Waals surface area (Å²) in [6, 6.07) is 0. The van der Waals surface area contributed by atoms with Crippen molar-refractivity contribution in [3.05, 3.63) is 12.7 Å². The van der Waals surface area contributed by atoms with Gasteiger partial charge in [0.15, 0.2) is 0 Å². The Morgan fingerprint density at radius 1 is 1.07 bits per heavy atom. The van der Waals surface area contributed by atoms with Crippen molar-refractivity contribution in [2.45, 2.75) is 61.5 Å². The topological polar surface area (TPSA) is 55.8 Å². The molecule has 0 aromatic rings. The Kier molecular flexibility index (Phi) is 5.18. The molecule has 0 spiro atoms. The Morgan fingerprint density at radius 3 is 1.81 bits per heavy atom. The van der Waals surface area contributed by atoms with Crippen molar-refractivity contribution in [3.8, 4) is 0 Å². The van der Waals surface area contributed by atoms with Crippen molar-refractivity contribution in [2.24, 2.45) is 0 Å². The molecule has 4 nitrogen and oxygen atoms in total. The number of esters is 1. The van der Waals surface area contributed by atoms with Gasteiger partial charge >= 0.3 is 35.8 Å². The van der Waals surface area contributed by atoms with Crippen LogP contribution in [0.1, 0.15) is 20.3 Å². The zero-order chi connectivity index (χ0) is 21.9. The lowest BCUT2D eigenvalue weighted by Gasteiger charge is -2.59. The minimum atomic E-state index is -6.99. The van der Waals surface area contributed by atoms with Gasteiger partial charge in [-0.15, -0.1) is 0 Å². The molecule has 1 rings (SSSR count). The Hall–Kier alpha value is -1.57. The Balaban J connectivity index is 4.15. The fourth-order valence-electron chi connectivity index (χ4n) is 2.74. The van der Waals surface area contributed by atoms with Crippen LogP contribution < -0.4 is 0 Å². The molecule has 1 heterocycles. The molecule has 1 saturated heterocycles. The molecule has 1 aliphatic rings. The summed E-state index contributed by atoms with van der Waals surface area (Å²) in [6.45, 7) is 2.40. The summed E-state index contributed by atoms with van der Waals surface area (Å²) < 4.78 is 145. The van der Waals surface area contributed by atoms with Crippen LogP contribution in [0.4, 0.5) is 43.9 Å². The number of hydrogen-bond acceptors (Lipinski definition) is 4. The Labute approximate surface area is 144 Å². The van der Waals surface area contributed by atoms with Crippen molar-refractivity contribution in [2.75, 3.05) is 0 Å². The van der Waals surface area contributed by atoms with Crippen LogP contribution in [-0.2, 0) is 14.3 Å². The van der Waals surface area contributed by atoms with Gasteiger partial charge in [0, 0.05) is 6.08 Å². The van der Waals surface area contributed by atoms with E-state index in [1.165, 1.54) is 0 Å². The van der Waals surface area contributed by atoms with E-state index in [1.807, 2.05) is 0 Å². The van der Waals surface area contributed by atoms with Crippen LogP contribution in [0.15, 0.2) is 12.7 Å². The number of aliphatic hydroxyl groups is 1. The molecule has 14 heteroatoms. The molecule has 0 bridgehead atoms. The average Bonchev–Trinajstić information content (AvgIpc) is 2.45. The van der Waals surface area contributed by atoms with Gasteiger partial charge in [-0.1, -0.05) is 13.5 Å². The van der Waals surface area contributed by atoms with E-state index in [-0.39, 0.29) is 19.9 Å². The molecule has 1 fully saturated rings. The van der Waals surface area contributed by atoms with Gasteiger partial charge in [-0.05, 0) is 13.3 Å². The molecule has 0 radical (unpaired) electrons. The van der Waals surface area contributed by atoms with Crippen molar-refractivity contribution in [1.82, 2.24) is 0 Å². The van der Waals surface area contributed by atoms with E-state index in [0.717, 1.165) is 0 Å². The number of ether oxygens (including phenoxy) is 2. The largest absolute Gasteiger partial charge is 0.441 e. The summed E-state index contributed by atoms with van der Waals surface area (Å²) in [5, 5.41) is 9.53. The lowest BCUT2D eigenvalue weighted by Crippen LogP contribution is -2.88. The maximum atomic E-state index is 14.7. The molecule has 27 heavy (non-hydrogen) atoms. The molecule has 0 aliphatic carbocycles. The first-order chi connectivity index (χ1) is 11.7. The quantitative estimate of drug-likeness (QED) is 0.428. The van der Waals surface area contributed by atoms with Gasteiger partial charge in [-0.25, -0.2) is 4.79 Å². The van der Waals surface area contributed by atoms with E-state index < -0.39 is 53.6 Å². The van der Waals surface area contributed by atoms with Crippen LogP contribution in [0.2, 0.25) is 0 Å². The number of rotatable bonds is 3. The lowest BCUT2D eigenvalue weighted by molar-refractivity contribution is -0.544. The molecule has 158 valence electrons. The van der Waals surface area contributed by atoms with E-state index in [0.29, 0.717) is 0 Å². The van der Waals surface area contributed by atoms with Crippen LogP contribution in [0.3, 0.4) is 0 Å². The van der Waals surface area contributed by atoms with Crippen LogP contribution in [-0.4, -0.2) is 52.3 Å². The first-order valence-electron chi connectivity index (χ1n) is 6.89. The van der Waals surface area contributed by atoms with Crippen LogP contribution in [0, 0.1) is 0 Å². The van der Waals surface area contributed by atoms with E-state index in [4.69, 9.17) is 0 Å². The fraction of sp³-hybridized carbons (Fsp3) is 0.769. The lowest BCUT2D eigenvalue weighted by atomic mass is 9.70. The highest BCUT2D eigenvalue weighted by Crippen LogP contribution is 2.68. The summed E-state index contributed by atoms with van der Waals surface area (Å²) in [6.07, 6.45) is -15.7. The average molecular weight is 422 g/mol. The third-order valence-electron chi connectivity index (χ3n) is 4.12. The highest BCUT2D eigenvalue weighted by Gasteiger charge is 2.98. The number of alkyl halides is 10. The van der Waals surface area contributed by atoms with Crippen molar-refractivity contribution in [1.29, 1.82) is 0 Å². The zero-order valence-electron chi connectivity index (χ0n) is 13.4. The smallest absolute Gasteiger partial charge is 0.433 e. The van der Waals surface area contributed by atoms with Gasteiger partial charge in [0.2, 0.25) is 11.4 Å². The molecule has 1 N–H and O–H groups in total. The highest BCUT2D eigenvalue weighted by atomic mass is 19.4. The molecule has 0 aromatic carbocycles. The normalized spacial score (nSPS) is 36.2. The maximum Gasteiger partial charge on any atom is 0.441 e. The first kappa shape index (κ1) is 23.5. The number of carbonyl (C=O) groups is 1. The van der Waals surface area contributed by atoms with E-state index in [2.05, 4.69) is 16.1 Å². The minimum absolute atomic E-state index is 0.245. The summed E-state index contributed by atoms with van der Waals surface area (Å²) >= 11 is 0. The van der Waals surface area contributed by atoms with Gasteiger partial charge in [0.1, 0.15) is 0 Å². The number of carbonyl (C=O) groups excluding carboxylic acids is 1. The minimum Gasteiger partial charge on any atom is -0.433 e. The van der Waals surface area contributed by atoms with E-state index in [9.17, 15) is 53.8 Å². The van der Waals surface area contributed by atoms with Gasteiger partial charge < -0.3 is 14.6 Å². The molecule has 1 aliphatic heterocycles. The first-order valence-corrected chi connectivity index (χ1v) is 6.89. The second kappa shape index (κ2) is 5.96. The van der Waals surface area contributed by atoms with Crippen molar-refractivity contribution >= 4 is 5.97 Å². The maximum absolute atomic E-state index is 14.7. The SMILES string of the molecule is C=CC(=O)OC1(C(F)(F)F)C(F)(F)C(C)(O)OC(CC)(C(F)(F)F)C1(F)F. The summed E-state index contributed by atoms with van der Waals surface area (Å²) in [4.78, 5) is 11.2. The number of hydrogen-bond donors (Lipinski definition) is 1. The molecule has 3 unspecified atom stereocenters. The van der Waals surface area contributed by atoms with Crippen molar-refractivity contribution < 1.29 is 63.3 Å². The Bertz CT molecular complexity index is 624. The third kappa shape index (κ3) is 2.62. The second-order valence-electron chi connectivity index (χ2n) is 5.72. The monoisotopic (exact) mass is 422 g/mol. The van der Waals surface area contributed by atoms with Crippen LogP contribution >= 0.6 is 0 Å². The summed E-state index contributed by atoms with van der Waals surface area (Å²) in [5.41, 5.74) is -11.7. The predicted molar refractivity (Wildman–Crippen MR) is 65.8 cm³/mol. The molecule has 0 aromatic heterocycles. The number of halogens is 10. The summed E-state index contributed by atoms with van der Waals surface area (Å²) in [5.74, 6) is -20.2. The van der Waals surface area contributed by atoms with Gasteiger partial charge in [0.25, 0.3) is 0 Å². The third-order valence-corrected chi connectivity index (χ3v) is 4.12. The molecule has 3 atom stereocenters. The zero-order valence-corrected chi connectivity index (χ0v) is 13.4. The molecular weight excluding hydrogens is 410 g/mol. The molecular formula is C13H12F10O4. The summed E-state index contributed by atoms with van der Waals surface area (Å²) in [7, 11) is 0. The Morgan fingerprint density at radius 2 is 1.52 bits per heavy atom. The van der Waals surface area contributed by atoms with Crippen LogP contribution in [0.25, 0.3) is 0 Å². The van der Waals surface area contributed by atoms with Crippen molar-refractivity contribution in [3.63, 3.8) is 0 Å². The van der Waals surface area contributed by atoms with E-state index >= 15 is 0 Å². The predicted octanol–water partition coefficient (Wildman–Crippen LogP) is 3.74. The van der Waals surface area contributed by atoms with Gasteiger partial charge in [-0.3, -0.25) is 0 Å². The van der Waals surface area contributed by atoms with Gasteiger partial charge in [-0.2, -0.15) is 43.9 Å². The van der Waals surface area contributed by atoms with Gasteiger partial charge in [0.05, 0.1) is 0 Å². The second-order valence-corrected chi connectivity index (χ2v) is 5.72. The standard InChI is InChI=1S/C13H12F10O4/c1-4-6(24)26-9(13(21,22)23)10(14,15)7(3,25)27-8(5-2,11(9,16)17)12(18,19)20/h4,25H,1,5H2,2-3H3. The highest BCUT2D eigenvalue weighted by molar-refractivity contribution is 5.82.